The molecule has 8 heteroatoms. The number of ether oxygens (including phenoxy) is 2. The zero-order valence-electron chi connectivity index (χ0n) is 20.6. The topological polar surface area (TPSA) is 67.9 Å². The lowest BCUT2D eigenvalue weighted by molar-refractivity contribution is -0.0273. The summed E-state index contributed by atoms with van der Waals surface area (Å²) in [5.41, 5.74) is 2.84. The van der Waals surface area contributed by atoms with E-state index in [1.165, 1.54) is 11.1 Å². The minimum atomic E-state index is -3.35. The van der Waals surface area contributed by atoms with Crippen LogP contribution in [0.3, 0.4) is 0 Å². The van der Waals surface area contributed by atoms with Crippen molar-refractivity contribution in [1.29, 1.82) is 0 Å². The third-order valence-corrected chi connectivity index (χ3v) is 6.72. The van der Waals surface area contributed by atoms with Crippen molar-refractivity contribution in [2.75, 3.05) is 37.2 Å². The Labute approximate surface area is 221 Å². The number of halogens is 1. The minimum absolute atomic E-state index is 0. The fourth-order valence-electron chi connectivity index (χ4n) is 4.41. The smallest absolute Gasteiger partial charge is 0.229 e. The van der Waals surface area contributed by atoms with Crippen LogP contribution in [0.5, 0.6) is 5.75 Å². The Bertz CT molecular complexity index is 1110. The number of sulfonamides is 1. The standard InChI is InChI=1S/C28H34N2O4S.ClH/c1-35(31,32)29-26-15-8-9-16-27(26)33-22-10-19-30-20-17-25(18-21-30)34-28(23-11-4-2-5-12-23)24-13-6-3-7-14-24;/h2-9,11-16,25,28-29H,10,17-22H2,1H3;1H. The fourth-order valence-corrected chi connectivity index (χ4v) is 4.98. The molecule has 0 radical (unpaired) electrons. The molecular formula is C28H35ClN2O4S. The van der Waals surface area contributed by atoms with Gasteiger partial charge in [-0.2, -0.15) is 0 Å². The van der Waals surface area contributed by atoms with Crippen LogP contribution in [0.15, 0.2) is 84.9 Å². The Kier molecular flexibility index (Phi) is 10.6. The number of nitrogens with one attached hydrogen (secondary N) is 1. The van der Waals surface area contributed by atoms with Gasteiger partial charge in [0.15, 0.2) is 0 Å². The van der Waals surface area contributed by atoms with Crippen molar-refractivity contribution in [2.45, 2.75) is 31.5 Å². The average molecular weight is 531 g/mol. The van der Waals surface area contributed by atoms with E-state index in [2.05, 4.69) is 58.2 Å². The van der Waals surface area contributed by atoms with E-state index in [9.17, 15) is 8.42 Å². The van der Waals surface area contributed by atoms with Gasteiger partial charge in [0.05, 0.1) is 24.7 Å². The van der Waals surface area contributed by atoms with Crippen LogP contribution in [0, 0.1) is 0 Å². The highest BCUT2D eigenvalue weighted by Gasteiger charge is 2.24. The van der Waals surface area contributed by atoms with Gasteiger partial charge >= 0.3 is 0 Å². The third kappa shape index (κ3) is 8.52. The quantitative estimate of drug-likeness (QED) is 0.331. The van der Waals surface area contributed by atoms with Crippen LogP contribution >= 0.6 is 12.4 Å². The molecule has 3 aromatic rings. The molecule has 194 valence electrons. The molecule has 1 aliphatic heterocycles. The monoisotopic (exact) mass is 530 g/mol. The number of hydrogen-bond donors (Lipinski definition) is 1. The van der Waals surface area contributed by atoms with Gasteiger partial charge in [-0.1, -0.05) is 72.8 Å². The molecule has 1 saturated heterocycles. The van der Waals surface area contributed by atoms with Crippen molar-refractivity contribution in [3.8, 4) is 5.75 Å². The second-order valence-electron chi connectivity index (χ2n) is 8.95. The Hall–Kier alpha value is -2.58. The minimum Gasteiger partial charge on any atom is -0.491 e. The largest absolute Gasteiger partial charge is 0.491 e. The molecule has 1 fully saturated rings. The highest BCUT2D eigenvalue weighted by Crippen LogP contribution is 2.30. The van der Waals surface area contributed by atoms with E-state index < -0.39 is 10.0 Å². The van der Waals surface area contributed by atoms with Crippen molar-refractivity contribution in [3.63, 3.8) is 0 Å². The van der Waals surface area contributed by atoms with Gasteiger partial charge in [-0.3, -0.25) is 4.72 Å². The number of likely N-dealkylation sites (tertiary alicyclic amines) is 1. The van der Waals surface area contributed by atoms with Crippen molar-refractivity contribution in [2.24, 2.45) is 0 Å². The van der Waals surface area contributed by atoms with Gasteiger partial charge in [0.1, 0.15) is 11.9 Å². The normalized spacial score (nSPS) is 14.8. The Morgan fingerprint density at radius 2 is 1.44 bits per heavy atom. The first-order valence-electron chi connectivity index (χ1n) is 12.2. The molecule has 36 heavy (non-hydrogen) atoms. The molecule has 3 aromatic carbocycles. The summed E-state index contributed by atoms with van der Waals surface area (Å²) in [5, 5.41) is 0. The number of anilines is 1. The van der Waals surface area contributed by atoms with E-state index in [0.29, 0.717) is 18.0 Å². The van der Waals surface area contributed by atoms with E-state index in [4.69, 9.17) is 9.47 Å². The average Bonchev–Trinajstić information content (AvgIpc) is 2.87. The maximum absolute atomic E-state index is 11.6. The van der Waals surface area contributed by atoms with Gasteiger partial charge in [0.2, 0.25) is 10.0 Å². The van der Waals surface area contributed by atoms with E-state index in [0.717, 1.165) is 45.2 Å². The van der Waals surface area contributed by atoms with Crippen molar-refractivity contribution in [3.05, 3.63) is 96.1 Å². The van der Waals surface area contributed by atoms with Gasteiger partial charge in [0.25, 0.3) is 0 Å². The van der Waals surface area contributed by atoms with Crippen LogP contribution in [0.1, 0.15) is 36.5 Å². The molecular weight excluding hydrogens is 496 g/mol. The van der Waals surface area contributed by atoms with Gasteiger partial charge in [0, 0.05) is 19.6 Å². The lowest BCUT2D eigenvalue weighted by Gasteiger charge is -2.34. The predicted octanol–water partition coefficient (Wildman–Crippen LogP) is 5.52. The van der Waals surface area contributed by atoms with E-state index in [1.807, 2.05) is 18.2 Å². The van der Waals surface area contributed by atoms with Crippen LogP contribution in [0.2, 0.25) is 0 Å². The number of hydrogen-bond acceptors (Lipinski definition) is 5. The van der Waals surface area contributed by atoms with Crippen LogP contribution < -0.4 is 9.46 Å². The van der Waals surface area contributed by atoms with Crippen LogP contribution in [-0.4, -0.2) is 51.9 Å². The Morgan fingerprint density at radius 3 is 2.03 bits per heavy atom. The number of nitrogens with zero attached hydrogens (tertiary/aromatic N) is 1. The number of benzene rings is 3. The fraction of sp³-hybridized carbons (Fsp3) is 0.357. The van der Waals surface area contributed by atoms with Crippen LogP contribution in [-0.2, 0) is 14.8 Å². The lowest BCUT2D eigenvalue weighted by atomic mass is 10.00. The highest BCUT2D eigenvalue weighted by molar-refractivity contribution is 7.92. The molecule has 0 aliphatic carbocycles. The molecule has 1 N–H and O–H groups in total. The Morgan fingerprint density at radius 1 is 0.889 bits per heavy atom. The molecule has 0 saturated carbocycles. The third-order valence-electron chi connectivity index (χ3n) is 6.13. The first kappa shape index (κ1) is 28.0. The van der Waals surface area contributed by atoms with Crippen molar-refractivity contribution < 1.29 is 17.9 Å². The lowest BCUT2D eigenvalue weighted by Crippen LogP contribution is -2.38. The van der Waals surface area contributed by atoms with Gasteiger partial charge in [-0.15, -0.1) is 12.4 Å². The number of rotatable bonds is 11. The second-order valence-corrected chi connectivity index (χ2v) is 10.7. The van der Waals surface area contributed by atoms with Gasteiger partial charge in [-0.05, 0) is 42.5 Å². The Balaban J connectivity index is 0.00000361. The summed E-state index contributed by atoms with van der Waals surface area (Å²) in [5.74, 6) is 0.554. The summed E-state index contributed by atoms with van der Waals surface area (Å²) < 4.78 is 38.1. The molecule has 0 amide bonds. The first-order valence-corrected chi connectivity index (χ1v) is 14.0. The number of piperidine rings is 1. The summed E-state index contributed by atoms with van der Waals surface area (Å²) in [7, 11) is -3.35. The molecule has 0 aromatic heterocycles. The summed E-state index contributed by atoms with van der Waals surface area (Å²) in [4.78, 5) is 2.45. The van der Waals surface area contributed by atoms with Crippen LogP contribution in [0.25, 0.3) is 0 Å². The molecule has 0 unspecified atom stereocenters. The van der Waals surface area contributed by atoms with Crippen molar-refractivity contribution in [1.82, 2.24) is 4.90 Å². The SMILES string of the molecule is CS(=O)(=O)Nc1ccccc1OCCCN1CCC(OC(c2ccccc2)c2ccccc2)CC1.Cl. The van der Waals surface area contributed by atoms with Crippen LogP contribution in [0.4, 0.5) is 5.69 Å². The summed E-state index contributed by atoms with van der Waals surface area (Å²) >= 11 is 0. The van der Waals surface area contributed by atoms with E-state index >= 15 is 0 Å². The molecule has 4 rings (SSSR count). The summed E-state index contributed by atoms with van der Waals surface area (Å²) in [6, 6.07) is 28.0. The zero-order valence-corrected chi connectivity index (χ0v) is 22.2. The summed E-state index contributed by atoms with van der Waals surface area (Å²) in [6.45, 7) is 3.46. The molecule has 6 nitrogen and oxygen atoms in total. The maximum atomic E-state index is 11.6. The van der Waals surface area contributed by atoms with Gasteiger partial charge < -0.3 is 14.4 Å². The van der Waals surface area contributed by atoms with Crippen molar-refractivity contribution >= 4 is 28.1 Å². The van der Waals surface area contributed by atoms with Gasteiger partial charge in [-0.25, -0.2) is 8.42 Å². The molecule has 1 aliphatic rings. The maximum Gasteiger partial charge on any atom is 0.229 e. The van der Waals surface area contributed by atoms with E-state index in [1.54, 1.807) is 18.2 Å². The predicted molar refractivity (Wildman–Crippen MR) is 148 cm³/mol. The summed E-state index contributed by atoms with van der Waals surface area (Å²) in [6.07, 6.45) is 4.18. The molecule has 0 atom stereocenters. The first-order chi connectivity index (χ1) is 17.0. The molecule has 1 heterocycles. The highest BCUT2D eigenvalue weighted by atomic mass is 35.5. The van der Waals surface area contributed by atoms with E-state index in [-0.39, 0.29) is 24.6 Å². The molecule has 0 spiro atoms. The molecule has 0 bridgehead atoms. The second kappa shape index (κ2) is 13.7. The number of para-hydroxylation sites is 2. The zero-order chi connectivity index (χ0) is 24.5.